The molecule has 0 fully saturated rings. The van der Waals surface area contributed by atoms with Gasteiger partial charge in [-0.05, 0) is 61.9 Å². The largest absolute Gasteiger partial charge is 0.373 e. The van der Waals surface area contributed by atoms with E-state index in [1.165, 1.54) is 0 Å². The Balaban J connectivity index is 2.63. The Kier molecular flexibility index (Phi) is 5.44. The number of para-hydroxylation sites is 1. The van der Waals surface area contributed by atoms with Gasteiger partial charge >= 0.3 is 0 Å². The highest BCUT2D eigenvalue weighted by molar-refractivity contribution is 14.1. The number of anilines is 1. The third-order valence-electron chi connectivity index (χ3n) is 2.98. The number of benzene rings is 1. The maximum atomic E-state index is 12.1. The van der Waals surface area contributed by atoms with Gasteiger partial charge in [0.25, 0.3) is 0 Å². The molecule has 100 valence electrons. The lowest BCUT2D eigenvalue weighted by molar-refractivity contribution is -0.123. The molecule has 1 rings (SSSR count). The molecule has 18 heavy (non-hydrogen) atoms. The first-order valence-electron chi connectivity index (χ1n) is 6.19. The summed E-state index contributed by atoms with van der Waals surface area (Å²) < 4.78 is 1.12. The minimum atomic E-state index is -0.244. The monoisotopic (exact) mass is 360 g/mol. The summed E-state index contributed by atoms with van der Waals surface area (Å²) in [4.78, 5) is 12.1. The maximum Gasteiger partial charge on any atom is 0.242 e. The summed E-state index contributed by atoms with van der Waals surface area (Å²) in [7, 11) is 0. The summed E-state index contributed by atoms with van der Waals surface area (Å²) >= 11 is 2.26. The molecule has 3 nitrogen and oxygen atoms in total. The van der Waals surface area contributed by atoms with Crippen molar-refractivity contribution in [2.75, 3.05) is 5.32 Å². The SMILES string of the molecule is CCC(C)(C)NC(=O)C(C)Nc1ccccc1I. The first-order chi connectivity index (χ1) is 8.35. The standard InChI is InChI=1S/C14H21IN2O/c1-5-14(3,4)17-13(18)10(2)16-12-9-7-6-8-11(12)15/h6-10,16H,5H2,1-4H3,(H,17,18). The van der Waals surface area contributed by atoms with E-state index in [2.05, 4.69) is 40.1 Å². The molecule has 0 saturated heterocycles. The second kappa shape index (κ2) is 6.41. The van der Waals surface area contributed by atoms with Gasteiger partial charge in [-0.15, -0.1) is 0 Å². The average molecular weight is 360 g/mol. The zero-order valence-electron chi connectivity index (χ0n) is 11.4. The van der Waals surface area contributed by atoms with E-state index in [0.29, 0.717) is 0 Å². The Bertz CT molecular complexity index is 418. The van der Waals surface area contributed by atoms with Crippen molar-refractivity contribution >= 4 is 34.2 Å². The summed E-state index contributed by atoms with van der Waals surface area (Å²) in [6.07, 6.45) is 0.911. The summed E-state index contributed by atoms with van der Waals surface area (Å²) in [5.41, 5.74) is 0.840. The summed E-state index contributed by atoms with van der Waals surface area (Å²) in [5.74, 6) is 0.0292. The van der Waals surface area contributed by atoms with Gasteiger partial charge in [0.2, 0.25) is 5.91 Å². The Morgan fingerprint density at radius 1 is 1.39 bits per heavy atom. The van der Waals surface area contributed by atoms with Gasteiger partial charge in [-0.3, -0.25) is 4.79 Å². The van der Waals surface area contributed by atoms with Crippen molar-refractivity contribution in [2.45, 2.75) is 45.7 Å². The normalized spacial score (nSPS) is 12.9. The van der Waals surface area contributed by atoms with Crippen molar-refractivity contribution in [3.8, 4) is 0 Å². The van der Waals surface area contributed by atoms with Crippen molar-refractivity contribution in [2.24, 2.45) is 0 Å². The van der Waals surface area contributed by atoms with Crippen LogP contribution in [0.25, 0.3) is 0 Å². The highest BCUT2D eigenvalue weighted by Crippen LogP contribution is 2.18. The van der Waals surface area contributed by atoms with E-state index < -0.39 is 0 Å². The van der Waals surface area contributed by atoms with Gasteiger partial charge in [0.15, 0.2) is 0 Å². The lowest BCUT2D eigenvalue weighted by atomic mass is 10.0. The molecule has 1 aromatic carbocycles. The second-order valence-electron chi connectivity index (χ2n) is 5.07. The number of amides is 1. The average Bonchev–Trinajstić information content (AvgIpc) is 2.31. The lowest BCUT2D eigenvalue weighted by Gasteiger charge is -2.27. The molecule has 4 heteroatoms. The molecule has 0 aliphatic rings. The highest BCUT2D eigenvalue weighted by Gasteiger charge is 2.21. The highest BCUT2D eigenvalue weighted by atomic mass is 127. The Morgan fingerprint density at radius 2 is 2.00 bits per heavy atom. The van der Waals surface area contributed by atoms with Crippen LogP contribution >= 0.6 is 22.6 Å². The topological polar surface area (TPSA) is 41.1 Å². The van der Waals surface area contributed by atoms with E-state index in [1.807, 2.05) is 45.0 Å². The molecule has 0 spiro atoms. The number of carbonyl (C=O) groups excluding carboxylic acids is 1. The van der Waals surface area contributed by atoms with Gasteiger partial charge < -0.3 is 10.6 Å². The molecule has 0 aromatic heterocycles. The maximum absolute atomic E-state index is 12.1. The van der Waals surface area contributed by atoms with Gasteiger partial charge in [0.05, 0.1) is 0 Å². The number of hydrogen-bond donors (Lipinski definition) is 2. The van der Waals surface area contributed by atoms with E-state index in [1.54, 1.807) is 0 Å². The van der Waals surface area contributed by atoms with Crippen LogP contribution in [0.3, 0.4) is 0 Å². The number of halogens is 1. The van der Waals surface area contributed by atoms with Crippen LogP contribution in [0.2, 0.25) is 0 Å². The summed E-state index contributed by atoms with van der Waals surface area (Å²) in [6.45, 7) is 8.01. The van der Waals surface area contributed by atoms with Crippen molar-refractivity contribution < 1.29 is 4.79 Å². The summed E-state index contributed by atoms with van der Waals surface area (Å²) in [6, 6.07) is 7.70. The van der Waals surface area contributed by atoms with Crippen LogP contribution in [-0.4, -0.2) is 17.5 Å². The molecule has 2 N–H and O–H groups in total. The van der Waals surface area contributed by atoms with Crippen LogP contribution in [0.4, 0.5) is 5.69 Å². The van der Waals surface area contributed by atoms with E-state index in [0.717, 1.165) is 15.7 Å². The van der Waals surface area contributed by atoms with Crippen molar-refractivity contribution in [1.29, 1.82) is 0 Å². The molecule has 0 radical (unpaired) electrons. The zero-order chi connectivity index (χ0) is 13.8. The Hall–Kier alpha value is -0.780. The molecule has 0 heterocycles. The number of carbonyl (C=O) groups is 1. The third-order valence-corrected chi connectivity index (χ3v) is 3.93. The Labute approximate surface area is 123 Å². The predicted octanol–water partition coefficient (Wildman–Crippen LogP) is 3.40. The smallest absolute Gasteiger partial charge is 0.242 e. The third kappa shape index (κ3) is 4.48. The molecule has 1 atom stereocenters. The summed E-state index contributed by atoms with van der Waals surface area (Å²) in [5, 5.41) is 6.28. The van der Waals surface area contributed by atoms with Gasteiger partial charge in [0, 0.05) is 14.8 Å². The second-order valence-corrected chi connectivity index (χ2v) is 6.23. The van der Waals surface area contributed by atoms with Crippen molar-refractivity contribution in [1.82, 2.24) is 5.32 Å². The quantitative estimate of drug-likeness (QED) is 0.791. The fraction of sp³-hybridized carbons (Fsp3) is 0.500. The van der Waals surface area contributed by atoms with Gasteiger partial charge in [-0.2, -0.15) is 0 Å². The molecule has 1 amide bonds. The fourth-order valence-corrected chi connectivity index (χ4v) is 1.95. The molecule has 1 aromatic rings. The number of nitrogens with one attached hydrogen (secondary N) is 2. The van der Waals surface area contributed by atoms with Crippen LogP contribution in [0.15, 0.2) is 24.3 Å². The predicted molar refractivity (Wildman–Crippen MR) is 84.8 cm³/mol. The number of rotatable bonds is 5. The number of hydrogen-bond acceptors (Lipinski definition) is 2. The first-order valence-corrected chi connectivity index (χ1v) is 7.26. The van der Waals surface area contributed by atoms with Gasteiger partial charge in [-0.25, -0.2) is 0 Å². The minimum absolute atomic E-state index is 0.0292. The molecular formula is C14H21IN2O. The van der Waals surface area contributed by atoms with E-state index in [4.69, 9.17) is 0 Å². The van der Waals surface area contributed by atoms with E-state index in [-0.39, 0.29) is 17.5 Å². The van der Waals surface area contributed by atoms with Crippen molar-refractivity contribution in [3.05, 3.63) is 27.8 Å². The van der Waals surface area contributed by atoms with Gasteiger partial charge in [0.1, 0.15) is 6.04 Å². The molecule has 0 bridgehead atoms. The van der Waals surface area contributed by atoms with Gasteiger partial charge in [-0.1, -0.05) is 19.1 Å². The van der Waals surface area contributed by atoms with E-state index >= 15 is 0 Å². The molecule has 1 unspecified atom stereocenters. The van der Waals surface area contributed by atoms with Crippen LogP contribution in [-0.2, 0) is 4.79 Å². The van der Waals surface area contributed by atoms with Crippen LogP contribution in [0.1, 0.15) is 34.1 Å². The fourth-order valence-electron chi connectivity index (χ4n) is 1.41. The van der Waals surface area contributed by atoms with Crippen molar-refractivity contribution in [3.63, 3.8) is 0 Å². The van der Waals surface area contributed by atoms with Crippen LogP contribution in [0.5, 0.6) is 0 Å². The van der Waals surface area contributed by atoms with E-state index in [9.17, 15) is 4.79 Å². The Morgan fingerprint density at radius 3 is 2.56 bits per heavy atom. The minimum Gasteiger partial charge on any atom is -0.373 e. The lowest BCUT2D eigenvalue weighted by Crippen LogP contribution is -2.48. The first kappa shape index (κ1) is 15.3. The molecule has 0 saturated carbocycles. The molecule has 0 aliphatic heterocycles. The van der Waals surface area contributed by atoms with Crippen LogP contribution in [0, 0.1) is 3.57 Å². The molecular weight excluding hydrogens is 339 g/mol. The van der Waals surface area contributed by atoms with Crippen LogP contribution < -0.4 is 10.6 Å². The zero-order valence-corrected chi connectivity index (χ0v) is 13.5. The molecule has 0 aliphatic carbocycles.